The van der Waals surface area contributed by atoms with Crippen molar-refractivity contribution < 1.29 is 18.7 Å². The van der Waals surface area contributed by atoms with Crippen molar-refractivity contribution in [2.45, 2.75) is 0 Å². The molecular formula is C25H19FN4O3S. The summed E-state index contributed by atoms with van der Waals surface area (Å²) >= 11 is 1.39. The Morgan fingerprint density at radius 2 is 1.97 bits per heavy atom. The van der Waals surface area contributed by atoms with E-state index in [4.69, 9.17) is 14.5 Å². The van der Waals surface area contributed by atoms with Gasteiger partial charge in [0.2, 0.25) is 4.80 Å². The zero-order valence-corrected chi connectivity index (χ0v) is 18.9. The van der Waals surface area contributed by atoms with Crippen LogP contribution in [0.25, 0.3) is 11.3 Å². The number of halogens is 1. The van der Waals surface area contributed by atoms with Gasteiger partial charge < -0.3 is 14.8 Å². The van der Waals surface area contributed by atoms with Crippen LogP contribution in [0, 0.1) is 5.82 Å². The molecule has 0 saturated carbocycles. The first-order valence-electron chi connectivity index (χ1n) is 10.4. The third-order valence-corrected chi connectivity index (χ3v) is 5.92. The highest BCUT2D eigenvalue weighted by Gasteiger charge is 2.18. The highest BCUT2D eigenvalue weighted by molar-refractivity contribution is 7.07. The number of hydrogen-bond acceptors (Lipinski definition) is 6. The minimum Gasteiger partial charge on any atom is -0.497 e. The number of nitrogens with zero attached hydrogens (tertiary/aromatic N) is 3. The average molecular weight is 475 g/mol. The van der Waals surface area contributed by atoms with Crippen molar-refractivity contribution in [3.8, 4) is 22.8 Å². The summed E-state index contributed by atoms with van der Waals surface area (Å²) in [4.78, 5) is 17.1. The molecule has 1 N–H and O–H groups in total. The molecule has 0 bridgehead atoms. The highest BCUT2D eigenvalue weighted by Crippen LogP contribution is 2.33. The Morgan fingerprint density at radius 3 is 2.76 bits per heavy atom. The summed E-state index contributed by atoms with van der Waals surface area (Å²) in [6.45, 7) is -0.0113. The van der Waals surface area contributed by atoms with Crippen molar-refractivity contribution in [2.75, 3.05) is 19.0 Å². The molecular weight excluding hydrogens is 455 g/mol. The van der Waals surface area contributed by atoms with E-state index < -0.39 is 0 Å². The second-order valence-electron chi connectivity index (χ2n) is 7.34. The molecule has 0 saturated heterocycles. The fourth-order valence-corrected chi connectivity index (χ4v) is 4.25. The number of nitrogens with one attached hydrogen (secondary N) is 1. The van der Waals surface area contributed by atoms with Crippen molar-refractivity contribution in [1.29, 1.82) is 0 Å². The largest absolute Gasteiger partial charge is 0.497 e. The molecule has 1 aromatic heterocycles. The predicted octanol–water partition coefficient (Wildman–Crippen LogP) is 4.81. The van der Waals surface area contributed by atoms with Crippen LogP contribution in [-0.2, 0) is 4.79 Å². The molecule has 3 aromatic carbocycles. The van der Waals surface area contributed by atoms with E-state index in [0.717, 1.165) is 22.7 Å². The lowest BCUT2D eigenvalue weighted by molar-refractivity contribution is -0.118. The number of benzene rings is 3. The van der Waals surface area contributed by atoms with Crippen molar-refractivity contribution in [3.63, 3.8) is 0 Å². The van der Waals surface area contributed by atoms with Crippen LogP contribution in [-0.4, -0.2) is 30.5 Å². The maximum Gasteiger partial charge on any atom is 0.262 e. The number of anilines is 1. The van der Waals surface area contributed by atoms with Crippen molar-refractivity contribution >= 4 is 34.8 Å². The molecule has 0 aliphatic carbocycles. The Morgan fingerprint density at radius 1 is 1.15 bits per heavy atom. The molecule has 5 rings (SSSR count). The lowest BCUT2D eigenvalue weighted by atomic mass is 10.1. The molecule has 9 heteroatoms. The van der Waals surface area contributed by atoms with E-state index in [2.05, 4.69) is 10.4 Å². The Bertz CT molecular complexity index is 1460. The van der Waals surface area contributed by atoms with Gasteiger partial charge in [-0.15, -0.1) is 11.3 Å². The maximum absolute atomic E-state index is 14.2. The van der Waals surface area contributed by atoms with E-state index in [9.17, 15) is 9.18 Å². The van der Waals surface area contributed by atoms with Gasteiger partial charge >= 0.3 is 0 Å². The fourth-order valence-electron chi connectivity index (χ4n) is 3.40. The number of aromatic nitrogens is 1. The van der Waals surface area contributed by atoms with Crippen LogP contribution in [0.5, 0.6) is 11.5 Å². The van der Waals surface area contributed by atoms with Crippen LogP contribution in [0.3, 0.4) is 0 Å². The molecule has 2 heterocycles. The second-order valence-corrected chi connectivity index (χ2v) is 8.18. The summed E-state index contributed by atoms with van der Waals surface area (Å²) in [6.07, 6.45) is 1.46. The minimum atomic E-state index is -0.370. The van der Waals surface area contributed by atoms with E-state index in [0.29, 0.717) is 21.8 Å². The van der Waals surface area contributed by atoms with Gasteiger partial charge in [0.25, 0.3) is 5.91 Å². The molecule has 1 aliphatic rings. The summed E-state index contributed by atoms with van der Waals surface area (Å²) in [5, 5.41) is 9.29. The molecule has 1 aliphatic heterocycles. The zero-order valence-electron chi connectivity index (χ0n) is 18.1. The van der Waals surface area contributed by atoms with Crippen LogP contribution in [0.15, 0.2) is 82.2 Å². The van der Waals surface area contributed by atoms with Crippen LogP contribution in [0.1, 0.15) is 5.56 Å². The zero-order chi connectivity index (χ0) is 23.5. The maximum atomic E-state index is 14.2. The van der Waals surface area contributed by atoms with Gasteiger partial charge in [-0.25, -0.2) is 14.1 Å². The van der Waals surface area contributed by atoms with Crippen LogP contribution >= 0.6 is 11.3 Å². The van der Waals surface area contributed by atoms with Crippen LogP contribution in [0.4, 0.5) is 15.8 Å². The number of thiazole rings is 1. The topological polar surface area (TPSA) is 77.2 Å². The number of carbonyl (C=O) groups is 1. The summed E-state index contributed by atoms with van der Waals surface area (Å²) in [5.74, 6) is 0.749. The quantitative estimate of drug-likeness (QED) is 0.422. The van der Waals surface area contributed by atoms with Crippen molar-refractivity contribution in [1.82, 2.24) is 4.68 Å². The SMILES string of the molecule is COc1ccc(N=c2scc(-c3ccc4c(c3)NC(=O)CO4)n2/N=C/c2ccccc2F)cc1. The van der Waals surface area contributed by atoms with E-state index in [1.165, 1.54) is 23.6 Å². The first-order chi connectivity index (χ1) is 16.6. The minimum absolute atomic E-state index is 0.0113. The van der Waals surface area contributed by atoms with E-state index in [1.807, 2.05) is 41.8 Å². The van der Waals surface area contributed by atoms with Crippen molar-refractivity contribution in [2.24, 2.45) is 10.1 Å². The molecule has 7 nitrogen and oxygen atoms in total. The van der Waals surface area contributed by atoms with E-state index in [1.54, 1.807) is 36.1 Å². The molecule has 0 unspecified atom stereocenters. The number of methoxy groups -OCH3 is 1. The first kappa shape index (κ1) is 21.6. The molecule has 4 aromatic rings. The third-order valence-electron chi connectivity index (χ3n) is 5.11. The van der Waals surface area contributed by atoms with Gasteiger partial charge in [-0.2, -0.15) is 5.10 Å². The number of amides is 1. The third kappa shape index (κ3) is 4.46. The second kappa shape index (κ2) is 9.32. The van der Waals surface area contributed by atoms with Gasteiger partial charge in [0.1, 0.15) is 17.3 Å². The van der Waals surface area contributed by atoms with Gasteiger partial charge in [0.05, 0.1) is 30.4 Å². The Balaban J connectivity index is 1.62. The molecule has 34 heavy (non-hydrogen) atoms. The number of carbonyl (C=O) groups excluding carboxylic acids is 1. The highest BCUT2D eigenvalue weighted by atomic mass is 32.1. The summed E-state index contributed by atoms with van der Waals surface area (Å²) < 4.78 is 26.5. The fraction of sp³-hybridized carbons (Fsp3) is 0.0800. The number of ether oxygens (including phenoxy) is 2. The summed E-state index contributed by atoms with van der Waals surface area (Å²) in [6, 6.07) is 19.2. The van der Waals surface area contributed by atoms with E-state index in [-0.39, 0.29) is 18.3 Å². The summed E-state index contributed by atoms with van der Waals surface area (Å²) in [5.41, 5.74) is 3.18. The number of fused-ring (bicyclic) bond motifs is 1. The monoisotopic (exact) mass is 474 g/mol. The smallest absolute Gasteiger partial charge is 0.262 e. The van der Waals surface area contributed by atoms with E-state index >= 15 is 0 Å². The number of rotatable bonds is 5. The van der Waals surface area contributed by atoms with Gasteiger partial charge in [0.15, 0.2) is 6.61 Å². The van der Waals surface area contributed by atoms with Gasteiger partial charge in [0, 0.05) is 16.5 Å². The summed E-state index contributed by atoms with van der Waals surface area (Å²) in [7, 11) is 1.61. The molecule has 0 atom stereocenters. The Hall–Kier alpha value is -4.24. The first-order valence-corrected chi connectivity index (χ1v) is 11.2. The molecule has 1 amide bonds. The van der Waals surface area contributed by atoms with Gasteiger partial charge in [-0.05, 0) is 48.5 Å². The van der Waals surface area contributed by atoms with Crippen LogP contribution < -0.4 is 19.6 Å². The normalized spacial score (nSPS) is 13.5. The Labute approximate surface area is 198 Å². The standard InChI is InChI=1S/C25H19FN4O3S/c1-32-19-9-7-18(8-10-19)28-25-30(27-13-17-4-2-3-5-20(17)26)22(15-34-25)16-6-11-23-21(12-16)29-24(31)14-33-23/h2-13,15H,14H2,1H3,(H,29,31)/b27-13+,28-25?. The molecule has 0 fully saturated rings. The average Bonchev–Trinajstić information content (AvgIpc) is 3.25. The lowest BCUT2D eigenvalue weighted by Gasteiger charge is -2.18. The molecule has 0 spiro atoms. The van der Waals surface area contributed by atoms with Gasteiger partial charge in [-0.1, -0.05) is 18.2 Å². The van der Waals surface area contributed by atoms with Crippen molar-refractivity contribution in [3.05, 3.63) is 88.3 Å². The molecule has 170 valence electrons. The Kier molecular flexibility index (Phi) is 5.92. The lowest BCUT2D eigenvalue weighted by Crippen LogP contribution is -2.25. The van der Waals surface area contributed by atoms with Gasteiger partial charge in [-0.3, -0.25) is 4.79 Å². The molecule has 0 radical (unpaired) electrons. The van der Waals surface area contributed by atoms with Crippen LogP contribution in [0.2, 0.25) is 0 Å². The number of hydrogen-bond donors (Lipinski definition) is 1. The predicted molar refractivity (Wildman–Crippen MR) is 129 cm³/mol.